The van der Waals surface area contributed by atoms with E-state index in [4.69, 9.17) is 0 Å². The van der Waals surface area contributed by atoms with Crippen LogP contribution in [0.15, 0.2) is 29.8 Å². The number of rotatable bonds is 5. The van der Waals surface area contributed by atoms with Crippen LogP contribution in [0.1, 0.15) is 63.1 Å². The van der Waals surface area contributed by atoms with Gasteiger partial charge in [-0.15, -0.1) is 11.3 Å². The van der Waals surface area contributed by atoms with Crippen molar-refractivity contribution in [3.63, 3.8) is 0 Å². The molecule has 160 valence electrons. The van der Waals surface area contributed by atoms with Gasteiger partial charge in [-0.1, -0.05) is 50.5 Å². The number of hydrogen-bond donors (Lipinski definition) is 1. The molecule has 1 saturated heterocycles. The minimum Gasteiger partial charge on any atom is -0.350 e. The molecule has 0 radical (unpaired) electrons. The summed E-state index contributed by atoms with van der Waals surface area (Å²) in [6.07, 6.45) is 7.01. The van der Waals surface area contributed by atoms with Gasteiger partial charge in [0.1, 0.15) is 6.04 Å². The lowest BCUT2D eigenvalue weighted by atomic mass is 9.74. The maximum absolute atomic E-state index is 13.2. The lowest BCUT2D eigenvalue weighted by Gasteiger charge is -2.37. The van der Waals surface area contributed by atoms with Crippen molar-refractivity contribution in [3.8, 4) is 10.4 Å². The minimum atomic E-state index is -0.324. The molecule has 2 amide bonds. The lowest BCUT2D eigenvalue weighted by molar-refractivity contribution is -0.147. The third-order valence-electron chi connectivity index (χ3n) is 6.72. The highest BCUT2D eigenvalue weighted by molar-refractivity contribution is 7.13. The van der Waals surface area contributed by atoms with Crippen molar-refractivity contribution in [2.45, 2.75) is 71.4 Å². The molecule has 2 aliphatic rings. The molecule has 1 N–H and O–H groups in total. The van der Waals surface area contributed by atoms with Crippen LogP contribution in [-0.2, 0) is 16.1 Å². The normalized spacial score (nSPS) is 20.9. The first-order valence-corrected chi connectivity index (χ1v) is 11.9. The van der Waals surface area contributed by atoms with Crippen molar-refractivity contribution in [1.82, 2.24) is 15.2 Å². The zero-order chi connectivity index (χ0) is 21.1. The number of likely N-dealkylation sites (tertiary alicyclic amines) is 1. The molecule has 0 unspecified atom stereocenters. The van der Waals surface area contributed by atoms with Crippen LogP contribution >= 0.6 is 11.3 Å². The van der Waals surface area contributed by atoms with Gasteiger partial charge >= 0.3 is 0 Å². The van der Waals surface area contributed by atoms with Gasteiger partial charge < -0.3 is 10.2 Å². The van der Waals surface area contributed by atoms with Crippen molar-refractivity contribution in [2.24, 2.45) is 5.41 Å². The smallest absolute Gasteiger partial charge is 0.243 e. The highest BCUT2D eigenvalue weighted by atomic mass is 32.1. The number of aryl methyl sites for hydroxylation is 1. The summed E-state index contributed by atoms with van der Waals surface area (Å²) in [5.41, 5.74) is 4.83. The quantitative estimate of drug-likeness (QED) is 0.755. The molecule has 1 aromatic heterocycles. The number of nitrogens with one attached hydrogen (secondary N) is 1. The number of aromatic nitrogens is 1. The molecule has 5 nitrogen and oxygen atoms in total. The number of carbonyl (C=O) groups excluding carboxylic acids is 2. The fourth-order valence-corrected chi connectivity index (χ4v) is 5.65. The van der Waals surface area contributed by atoms with E-state index in [0.717, 1.165) is 55.3 Å². The van der Waals surface area contributed by atoms with E-state index >= 15 is 0 Å². The Labute approximate surface area is 182 Å². The summed E-state index contributed by atoms with van der Waals surface area (Å²) in [5.74, 6) is 0.159. The maximum Gasteiger partial charge on any atom is 0.243 e. The predicted octanol–water partition coefficient (Wildman–Crippen LogP) is 4.70. The van der Waals surface area contributed by atoms with Crippen molar-refractivity contribution in [2.75, 3.05) is 6.54 Å². The molecule has 1 aromatic carbocycles. The first kappa shape index (κ1) is 21.0. The van der Waals surface area contributed by atoms with Gasteiger partial charge in [-0.2, -0.15) is 0 Å². The van der Waals surface area contributed by atoms with Gasteiger partial charge in [0.15, 0.2) is 0 Å². The van der Waals surface area contributed by atoms with E-state index < -0.39 is 0 Å². The van der Waals surface area contributed by atoms with Crippen LogP contribution in [0.3, 0.4) is 0 Å². The molecule has 0 bridgehead atoms. The number of hydrogen-bond acceptors (Lipinski definition) is 4. The van der Waals surface area contributed by atoms with E-state index in [9.17, 15) is 9.59 Å². The first-order chi connectivity index (χ1) is 14.5. The molecule has 1 aliphatic heterocycles. The molecule has 1 saturated carbocycles. The third kappa shape index (κ3) is 4.29. The Morgan fingerprint density at radius 1 is 1.17 bits per heavy atom. The summed E-state index contributed by atoms with van der Waals surface area (Å²) < 4.78 is 0. The molecule has 1 atom stereocenters. The summed E-state index contributed by atoms with van der Waals surface area (Å²) >= 11 is 1.64. The molecule has 4 rings (SSSR count). The molecule has 2 aromatic rings. The van der Waals surface area contributed by atoms with E-state index in [1.807, 2.05) is 17.3 Å². The third-order valence-corrected chi connectivity index (χ3v) is 7.70. The Kier molecular flexibility index (Phi) is 6.23. The number of benzene rings is 1. The Morgan fingerprint density at radius 2 is 1.90 bits per heavy atom. The summed E-state index contributed by atoms with van der Waals surface area (Å²) in [4.78, 5) is 33.5. The van der Waals surface area contributed by atoms with Crippen LogP contribution in [0, 0.1) is 12.3 Å². The van der Waals surface area contributed by atoms with Crippen molar-refractivity contribution < 1.29 is 9.59 Å². The van der Waals surface area contributed by atoms with Gasteiger partial charge in [-0.3, -0.25) is 9.59 Å². The zero-order valence-corrected chi connectivity index (χ0v) is 18.8. The van der Waals surface area contributed by atoms with Crippen LogP contribution < -0.4 is 5.32 Å². The van der Waals surface area contributed by atoms with Crippen LogP contribution in [0.2, 0.25) is 0 Å². The summed E-state index contributed by atoms with van der Waals surface area (Å²) in [7, 11) is 0. The van der Waals surface area contributed by atoms with Crippen LogP contribution in [0.5, 0.6) is 0 Å². The average Bonchev–Trinajstić information content (AvgIpc) is 3.41. The Balaban J connectivity index is 1.36. The van der Waals surface area contributed by atoms with Gasteiger partial charge in [0, 0.05) is 18.5 Å². The fourth-order valence-electron chi connectivity index (χ4n) is 4.83. The number of carbonyl (C=O) groups is 2. The van der Waals surface area contributed by atoms with Crippen LogP contribution in [0.4, 0.5) is 0 Å². The Morgan fingerprint density at radius 3 is 2.57 bits per heavy atom. The van der Waals surface area contributed by atoms with Gasteiger partial charge in [0.25, 0.3) is 0 Å². The second kappa shape index (κ2) is 8.88. The summed E-state index contributed by atoms with van der Waals surface area (Å²) in [5, 5.41) is 3.06. The summed E-state index contributed by atoms with van der Waals surface area (Å²) in [6.45, 7) is 5.29. The second-order valence-corrected chi connectivity index (χ2v) is 9.81. The molecule has 1 aliphatic carbocycles. The number of nitrogens with zero attached hydrogens (tertiary/aromatic N) is 2. The predicted molar refractivity (Wildman–Crippen MR) is 120 cm³/mol. The van der Waals surface area contributed by atoms with E-state index in [1.54, 1.807) is 11.3 Å². The van der Waals surface area contributed by atoms with Crippen molar-refractivity contribution in [1.29, 1.82) is 0 Å². The minimum absolute atomic E-state index is 0.0253. The SMILES string of the molecule is Cc1ncsc1-c1ccc(CNC(=O)[C@@H]2CCCN2C(=O)C2(C)CCCCC2)cc1. The highest BCUT2D eigenvalue weighted by Crippen LogP contribution is 2.39. The van der Waals surface area contributed by atoms with Gasteiger partial charge in [0.2, 0.25) is 11.8 Å². The van der Waals surface area contributed by atoms with E-state index in [-0.39, 0.29) is 23.3 Å². The Hall–Kier alpha value is -2.21. The molecule has 6 heteroatoms. The van der Waals surface area contributed by atoms with Crippen LogP contribution in [-0.4, -0.2) is 34.3 Å². The fraction of sp³-hybridized carbons (Fsp3) is 0.542. The molecular formula is C24H31N3O2S. The second-order valence-electron chi connectivity index (χ2n) is 8.96. The van der Waals surface area contributed by atoms with Gasteiger partial charge in [0.05, 0.1) is 16.1 Å². The van der Waals surface area contributed by atoms with Gasteiger partial charge in [-0.25, -0.2) is 4.98 Å². The van der Waals surface area contributed by atoms with Gasteiger partial charge in [-0.05, 0) is 43.7 Å². The molecule has 0 spiro atoms. The largest absolute Gasteiger partial charge is 0.350 e. The standard InChI is InChI=1S/C24H31N3O2S/c1-17-21(30-16-26-17)19-10-8-18(9-11-19)15-25-22(28)20-7-6-14-27(20)23(29)24(2)12-4-3-5-13-24/h8-11,16,20H,3-7,12-15H2,1-2H3,(H,25,28)/t20-/m0/s1. The molecule has 30 heavy (non-hydrogen) atoms. The molecule has 2 heterocycles. The van der Waals surface area contributed by atoms with Crippen molar-refractivity contribution in [3.05, 3.63) is 41.0 Å². The van der Waals surface area contributed by atoms with E-state index in [2.05, 4.69) is 41.5 Å². The maximum atomic E-state index is 13.2. The average molecular weight is 426 g/mol. The molecular weight excluding hydrogens is 394 g/mol. The van der Waals surface area contributed by atoms with E-state index in [1.165, 1.54) is 11.3 Å². The van der Waals surface area contributed by atoms with E-state index in [0.29, 0.717) is 13.1 Å². The highest BCUT2D eigenvalue weighted by Gasteiger charge is 2.43. The molecule has 2 fully saturated rings. The zero-order valence-electron chi connectivity index (χ0n) is 17.9. The first-order valence-electron chi connectivity index (χ1n) is 11.1. The Bertz CT molecular complexity index is 899. The number of amides is 2. The summed E-state index contributed by atoms with van der Waals surface area (Å²) in [6, 6.07) is 7.94. The lowest BCUT2D eigenvalue weighted by Crippen LogP contribution is -2.50. The monoisotopic (exact) mass is 425 g/mol. The number of thiazole rings is 1. The van der Waals surface area contributed by atoms with Crippen molar-refractivity contribution >= 4 is 23.2 Å². The topological polar surface area (TPSA) is 62.3 Å². The van der Waals surface area contributed by atoms with Crippen LogP contribution in [0.25, 0.3) is 10.4 Å².